The Morgan fingerprint density at radius 1 is 1.38 bits per heavy atom. The average Bonchev–Trinajstić information content (AvgIpc) is 2.45. The Balaban J connectivity index is 2.30. The number of piperidine rings is 1. The molecule has 21 heavy (non-hydrogen) atoms. The van der Waals surface area contributed by atoms with Crippen LogP contribution in [0.2, 0.25) is 0 Å². The Hall–Kier alpha value is -1.11. The van der Waals surface area contributed by atoms with Crippen molar-refractivity contribution < 1.29 is 13.5 Å². The Labute approximate surface area is 127 Å². The third-order valence-electron chi connectivity index (χ3n) is 3.70. The van der Waals surface area contributed by atoms with Crippen molar-refractivity contribution >= 4 is 15.9 Å². The van der Waals surface area contributed by atoms with Crippen LogP contribution in [0.3, 0.4) is 0 Å². The molecule has 1 aliphatic heterocycles. The van der Waals surface area contributed by atoms with Gasteiger partial charge in [-0.25, -0.2) is 0 Å². The largest absolute Gasteiger partial charge is 0.392 e. The van der Waals surface area contributed by atoms with Crippen molar-refractivity contribution in [1.29, 1.82) is 0 Å². The molecule has 6 heteroatoms. The first-order chi connectivity index (χ1) is 9.91. The maximum atomic E-state index is 12.9. The van der Waals surface area contributed by atoms with Crippen LogP contribution in [-0.2, 0) is 10.2 Å². The minimum Gasteiger partial charge on any atom is -0.392 e. The predicted molar refractivity (Wildman–Crippen MR) is 84.4 cm³/mol. The van der Waals surface area contributed by atoms with Crippen molar-refractivity contribution in [2.24, 2.45) is 5.92 Å². The second-order valence-electron chi connectivity index (χ2n) is 5.83. The highest BCUT2D eigenvalue weighted by molar-refractivity contribution is 7.90. The molecule has 0 spiro atoms. The van der Waals surface area contributed by atoms with E-state index in [4.69, 9.17) is 0 Å². The van der Waals surface area contributed by atoms with Crippen LogP contribution in [0.4, 0.5) is 5.69 Å². The van der Waals surface area contributed by atoms with E-state index in [1.165, 1.54) is 8.61 Å². The Morgan fingerprint density at radius 2 is 2.05 bits per heavy atom. The summed E-state index contributed by atoms with van der Waals surface area (Å²) in [5, 5.41) is 9.67. The smallest absolute Gasteiger partial charge is 0.304 e. The number of hydrogen-bond donors (Lipinski definition) is 1. The number of aliphatic hydroxyl groups excluding tert-OH is 1. The van der Waals surface area contributed by atoms with Gasteiger partial charge < -0.3 is 5.11 Å². The summed E-state index contributed by atoms with van der Waals surface area (Å²) < 4.78 is 28.7. The second kappa shape index (κ2) is 6.77. The third-order valence-corrected chi connectivity index (χ3v) is 5.60. The van der Waals surface area contributed by atoms with Crippen LogP contribution in [0.5, 0.6) is 0 Å². The fourth-order valence-electron chi connectivity index (χ4n) is 2.66. The number of anilines is 1. The van der Waals surface area contributed by atoms with Crippen molar-refractivity contribution in [3.8, 4) is 0 Å². The van der Waals surface area contributed by atoms with E-state index in [0.29, 0.717) is 24.7 Å². The minimum atomic E-state index is -3.60. The minimum absolute atomic E-state index is 0.0667. The fraction of sp³-hybridized carbons (Fsp3) is 0.600. The summed E-state index contributed by atoms with van der Waals surface area (Å²) in [7, 11) is -3.60. The first-order valence-corrected chi connectivity index (χ1v) is 8.82. The van der Waals surface area contributed by atoms with Gasteiger partial charge in [-0.1, -0.05) is 25.1 Å². The van der Waals surface area contributed by atoms with Gasteiger partial charge >= 0.3 is 10.2 Å². The number of para-hydroxylation sites is 1. The van der Waals surface area contributed by atoms with E-state index in [1.54, 1.807) is 31.2 Å². The highest BCUT2D eigenvalue weighted by atomic mass is 32.2. The summed E-state index contributed by atoms with van der Waals surface area (Å²) in [4.78, 5) is 0. The van der Waals surface area contributed by atoms with Crippen LogP contribution in [0.15, 0.2) is 30.3 Å². The summed E-state index contributed by atoms with van der Waals surface area (Å²) in [6.45, 7) is 4.84. The van der Waals surface area contributed by atoms with Crippen LogP contribution >= 0.6 is 0 Å². The van der Waals surface area contributed by atoms with Gasteiger partial charge in [0, 0.05) is 13.1 Å². The van der Waals surface area contributed by atoms with Crippen LogP contribution < -0.4 is 4.31 Å². The molecule has 2 unspecified atom stereocenters. The van der Waals surface area contributed by atoms with E-state index in [0.717, 1.165) is 12.8 Å². The summed E-state index contributed by atoms with van der Waals surface area (Å²) in [5.41, 5.74) is 0.594. The highest BCUT2D eigenvalue weighted by Gasteiger charge is 2.33. The van der Waals surface area contributed by atoms with E-state index in [-0.39, 0.29) is 6.54 Å². The Morgan fingerprint density at radius 3 is 2.62 bits per heavy atom. The zero-order valence-corrected chi connectivity index (χ0v) is 13.5. The summed E-state index contributed by atoms with van der Waals surface area (Å²) >= 11 is 0. The summed E-state index contributed by atoms with van der Waals surface area (Å²) in [6, 6.07) is 8.97. The first-order valence-electron chi connectivity index (χ1n) is 7.42. The average molecular weight is 312 g/mol. The monoisotopic (exact) mass is 312 g/mol. The predicted octanol–water partition coefficient (Wildman–Crippen LogP) is 1.85. The lowest BCUT2D eigenvalue weighted by Crippen LogP contribution is -2.49. The molecule has 118 valence electrons. The summed E-state index contributed by atoms with van der Waals surface area (Å²) in [6.07, 6.45) is 1.23. The standard InChI is InChI=1S/C15H24N2O3S/c1-13-7-6-10-16(11-13)21(19,20)17(12-14(2)18)15-8-4-3-5-9-15/h3-5,8-9,13-14,18H,6-7,10-12H2,1-2H3. The lowest BCUT2D eigenvalue weighted by Gasteiger charge is -2.35. The molecule has 2 atom stereocenters. The molecule has 5 nitrogen and oxygen atoms in total. The topological polar surface area (TPSA) is 60.9 Å². The molecule has 1 aromatic carbocycles. The summed E-state index contributed by atoms with van der Waals surface area (Å²) in [5.74, 6) is 0.373. The molecular weight excluding hydrogens is 288 g/mol. The molecule has 0 saturated carbocycles. The zero-order chi connectivity index (χ0) is 15.5. The van der Waals surface area contributed by atoms with Gasteiger partial charge in [-0.2, -0.15) is 12.7 Å². The second-order valence-corrected chi connectivity index (χ2v) is 7.68. The third kappa shape index (κ3) is 3.96. The molecule has 1 fully saturated rings. The van der Waals surface area contributed by atoms with Crippen molar-refractivity contribution in [1.82, 2.24) is 4.31 Å². The maximum Gasteiger partial charge on any atom is 0.304 e. The van der Waals surface area contributed by atoms with Crippen molar-refractivity contribution in [3.05, 3.63) is 30.3 Å². The highest BCUT2D eigenvalue weighted by Crippen LogP contribution is 2.25. The molecule has 0 amide bonds. The molecule has 1 aromatic rings. The van der Waals surface area contributed by atoms with Gasteiger partial charge in [0.25, 0.3) is 0 Å². The molecule has 1 N–H and O–H groups in total. The van der Waals surface area contributed by atoms with Crippen LogP contribution in [0.25, 0.3) is 0 Å². The molecule has 2 rings (SSSR count). The van der Waals surface area contributed by atoms with Gasteiger partial charge in [-0.3, -0.25) is 4.31 Å². The first kappa shape index (κ1) is 16.3. The van der Waals surface area contributed by atoms with Crippen LogP contribution in [0.1, 0.15) is 26.7 Å². The van der Waals surface area contributed by atoms with Gasteiger partial charge in [0.05, 0.1) is 18.3 Å². The van der Waals surface area contributed by atoms with Crippen molar-refractivity contribution in [2.45, 2.75) is 32.8 Å². The fourth-order valence-corrected chi connectivity index (χ4v) is 4.54. The molecule has 1 saturated heterocycles. The van der Waals surface area contributed by atoms with Gasteiger partial charge in [0.1, 0.15) is 0 Å². The molecule has 1 heterocycles. The van der Waals surface area contributed by atoms with Gasteiger partial charge in [0.2, 0.25) is 0 Å². The van der Waals surface area contributed by atoms with E-state index < -0.39 is 16.3 Å². The number of hydrogen-bond acceptors (Lipinski definition) is 3. The quantitative estimate of drug-likeness (QED) is 0.902. The Bertz CT molecular complexity index is 545. The van der Waals surface area contributed by atoms with Gasteiger partial charge in [-0.15, -0.1) is 0 Å². The molecule has 0 aliphatic carbocycles. The lowest BCUT2D eigenvalue weighted by atomic mass is 10.0. The van der Waals surface area contributed by atoms with Crippen LogP contribution in [-0.4, -0.2) is 43.6 Å². The number of rotatable bonds is 5. The number of aliphatic hydroxyl groups is 1. The van der Waals surface area contributed by atoms with E-state index in [9.17, 15) is 13.5 Å². The molecular formula is C15H24N2O3S. The van der Waals surface area contributed by atoms with Gasteiger partial charge in [-0.05, 0) is 37.8 Å². The maximum absolute atomic E-state index is 12.9. The SMILES string of the molecule is CC(O)CN(c1ccccc1)S(=O)(=O)N1CCCC(C)C1. The van der Waals surface area contributed by atoms with Crippen molar-refractivity contribution in [2.75, 3.05) is 23.9 Å². The zero-order valence-electron chi connectivity index (χ0n) is 12.6. The number of nitrogens with zero attached hydrogens (tertiary/aromatic N) is 2. The van der Waals surface area contributed by atoms with Gasteiger partial charge in [0.15, 0.2) is 0 Å². The van der Waals surface area contributed by atoms with Crippen LogP contribution in [0, 0.1) is 5.92 Å². The van der Waals surface area contributed by atoms with E-state index in [2.05, 4.69) is 6.92 Å². The normalized spacial score (nSPS) is 22.0. The lowest BCUT2D eigenvalue weighted by molar-refractivity contribution is 0.202. The molecule has 1 aliphatic rings. The molecule has 0 radical (unpaired) electrons. The van der Waals surface area contributed by atoms with E-state index >= 15 is 0 Å². The molecule has 0 aromatic heterocycles. The Kier molecular flexibility index (Phi) is 5.24. The van der Waals surface area contributed by atoms with E-state index in [1.807, 2.05) is 6.07 Å². The number of benzene rings is 1. The molecule has 0 bridgehead atoms. The van der Waals surface area contributed by atoms with Crippen molar-refractivity contribution in [3.63, 3.8) is 0 Å².